The van der Waals surface area contributed by atoms with Gasteiger partial charge in [-0.2, -0.15) is 0 Å². The number of unbranched alkanes of at least 4 members (excludes halogenated alkanes) is 1. The second kappa shape index (κ2) is 13.0. The normalized spacial score (nSPS) is 17.9. The van der Waals surface area contributed by atoms with Crippen LogP contribution in [0.2, 0.25) is 0 Å². The second-order valence-corrected chi connectivity index (χ2v) is 8.43. The average molecular weight is 472 g/mol. The lowest BCUT2D eigenvalue weighted by atomic mass is 10.0. The minimum atomic E-state index is -0.447. The summed E-state index contributed by atoms with van der Waals surface area (Å²) >= 11 is 0. The number of hydrogen-bond acceptors (Lipinski definition) is 6. The third kappa shape index (κ3) is 7.00. The van der Waals surface area contributed by atoms with Crippen LogP contribution in [0, 0.1) is 0 Å². The summed E-state index contributed by atoms with van der Waals surface area (Å²) in [5, 5.41) is 2.97. The van der Waals surface area contributed by atoms with Gasteiger partial charge in [0.15, 0.2) is 0 Å². The molecule has 8 heteroatoms. The van der Waals surface area contributed by atoms with Crippen molar-refractivity contribution in [2.75, 3.05) is 31.2 Å². The number of benzene rings is 1. The molecule has 186 valence electrons. The van der Waals surface area contributed by atoms with Crippen LogP contribution >= 0.6 is 0 Å². The summed E-state index contributed by atoms with van der Waals surface area (Å²) in [6.45, 7) is 8.52. The van der Waals surface area contributed by atoms with Crippen molar-refractivity contribution in [2.45, 2.75) is 65.2 Å². The molecular weight excluding hydrogens is 434 g/mol. The minimum absolute atomic E-state index is 0.154. The lowest BCUT2D eigenvalue weighted by Gasteiger charge is -2.38. The van der Waals surface area contributed by atoms with E-state index in [0.29, 0.717) is 44.7 Å². The highest BCUT2D eigenvalue weighted by atomic mass is 16.5. The number of aromatic amines is 1. The molecule has 0 bridgehead atoms. The van der Waals surface area contributed by atoms with Crippen molar-refractivity contribution in [3.8, 4) is 0 Å². The number of aromatic nitrogens is 1. The van der Waals surface area contributed by atoms with Crippen molar-refractivity contribution in [3.63, 3.8) is 0 Å². The van der Waals surface area contributed by atoms with E-state index in [9.17, 15) is 9.59 Å². The van der Waals surface area contributed by atoms with Crippen molar-refractivity contribution in [3.05, 3.63) is 53.2 Å². The maximum absolute atomic E-state index is 12.6. The van der Waals surface area contributed by atoms with Gasteiger partial charge in [0.1, 0.15) is 12.4 Å². The minimum Gasteiger partial charge on any atom is -0.462 e. The van der Waals surface area contributed by atoms with E-state index >= 15 is 0 Å². The molecule has 0 radical (unpaired) electrons. The van der Waals surface area contributed by atoms with Gasteiger partial charge in [0.05, 0.1) is 24.3 Å². The van der Waals surface area contributed by atoms with Crippen molar-refractivity contribution >= 4 is 17.9 Å². The topological polar surface area (TPSA) is 92.9 Å². The maximum atomic E-state index is 12.6. The maximum Gasteiger partial charge on any atom is 0.407 e. The number of nitrogens with zero attached hydrogens (tertiary/aromatic N) is 1. The van der Waals surface area contributed by atoms with Crippen LogP contribution in [-0.2, 0) is 27.2 Å². The van der Waals surface area contributed by atoms with Gasteiger partial charge in [-0.05, 0) is 37.8 Å². The summed E-state index contributed by atoms with van der Waals surface area (Å²) in [6.07, 6.45) is 2.59. The molecule has 1 aromatic carbocycles. The van der Waals surface area contributed by atoms with E-state index in [1.54, 1.807) is 0 Å². The van der Waals surface area contributed by atoms with Crippen LogP contribution in [0.15, 0.2) is 36.4 Å². The first-order valence-electron chi connectivity index (χ1n) is 12.3. The number of anilines is 1. The third-order valence-corrected chi connectivity index (χ3v) is 5.99. The largest absolute Gasteiger partial charge is 0.462 e. The molecule has 1 aromatic heterocycles. The Hall–Kier alpha value is -3.00. The molecule has 1 amide bonds. The fraction of sp³-hybridized carbons (Fsp3) is 0.538. The molecule has 2 unspecified atom stereocenters. The highest BCUT2D eigenvalue weighted by Gasteiger charge is 2.32. The van der Waals surface area contributed by atoms with Crippen molar-refractivity contribution in [1.82, 2.24) is 10.3 Å². The van der Waals surface area contributed by atoms with Gasteiger partial charge in [0.2, 0.25) is 0 Å². The Balaban J connectivity index is 1.60. The Morgan fingerprint density at radius 3 is 2.65 bits per heavy atom. The molecule has 0 aliphatic carbocycles. The summed E-state index contributed by atoms with van der Waals surface area (Å²) in [4.78, 5) is 30.5. The van der Waals surface area contributed by atoms with E-state index < -0.39 is 6.09 Å². The number of carbonyl (C=O) groups is 2. The molecule has 2 heterocycles. The third-order valence-electron chi connectivity index (χ3n) is 5.99. The summed E-state index contributed by atoms with van der Waals surface area (Å²) in [7, 11) is 0. The zero-order chi connectivity index (χ0) is 24.3. The van der Waals surface area contributed by atoms with E-state index in [0.717, 1.165) is 29.9 Å². The summed E-state index contributed by atoms with van der Waals surface area (Å²) < 4.78 is 16.8. The SMILES string of the molecule is CCCCOC(=O)c1cc(N2CCC(NC(=O)OCc3ccccc3)C(OCC)C2)[nH]c1CC. The quantitative estimate of drug-likeness (QED) is 0.372. The smallest absolute Gasteiger partial charge is 0.407 e. The Labute approximate surface area is 202 Å². The van der Waals surface area contributed by atoms with Gasteiger partial charge in [0.25, 0.3) is 0 Å². The van der Waals surface area contributed by atoms with Crippen LogP contribution in [-0.4, -0.2) is 55.5 Å². The molecule has 2 N–H and O–H groups in total. The summed E-state index contributed by atoms with van der Waals surface area (Å²) in [6, 6.07) is 11.3. The van der Waals surface area contributed by atoms with E-state index in [4.69, 9.17) is 14.2 Å². The molecule has 34 heavy (non-hydrogen) atoms. The second-order valence-electron chi connectivity index (χ2n) is 8.43. The van der Waals surface area contributed by atoms with E-state index in [1.165, 1.54) is 0 Å². The van der Waals surface area contributed by atoms with Crippen LogP contribution < -0.4 is 10.2 Å². The van der Waals surface area contributed by atoms with Crippen molar-refractivity contribution in [1.29, 1.82) is 0 Å². The lowest BCUT2D eigenvalue weighted by Crippen LogP contribution is -2.55. The molecule has 2 aromatic rings. The van der Waals surface area contributed by atoms with Crippen LogP contribution in [0.25, 0.3) is 0 Å². The predicted molar refractivity (Wildman–Crippen MR) is 131 cm³/mol. The van der Waals surface area contributed by atoms with Gasteiger partial charge in [-0.3, -0.25) is 0 Å². The van der Waals surface area contributed by atoms with Gasteiger partial charge < -0.3 is 29.4 Å². The number of H-pyrrole nitrogens is 1. The van der Waals surface area contributed by atoms with Crippen LogP contribution in [0.4, 0.5) is 10.6 Å². The van der Waals surface area contributed by atoms with E-state index in [2.05, 4.69) is 22.1 Å². The van der Waals surface area contributed by atoms with Crippen LogP contribution in [0.1, 0.15) is 61.6 Å². The van der Waals surface area contributed by atoms with E-state index in [-0.39, 0.29) is 24.7 Å². The first-order valence-corrected chi connectivity index (χ1v) is 12.3. The molecule has 8 nitrogen and oxygen atoms in total. The van der Waals surface area contributed by atoms with E-state index in [1.807, 2.05) is 50.2 Å². The monoisotopic (exact) mass is 471 g/mol. The number of alkyl carbamates (subject to hydrolysis) is 1. The Bertz CT molecular complexity index is 914. The number of aryl methyl sites for hydroxylation is 1. The molecule has 3 rings (SSSR count). The molecule has 1 aliphatic rings. The number of nitrogens with one attached hydrogen (secondary N) is 2. The lowest BCUT2D eigenvalue weighted by molar-refractivity contribution is 0.0260. The number of carbonyl (C=O) groups excluding carboxylic acids is 2. The predicted octanol–water partition coefficient (Wildman–Crippen LogP) is 4.44. The van der Waals surface area contributed by atoms with Crippen LogP contribution in [0.3, 0.4) is 0 Å². The average Bonchev–Trinajstić information content (AvgIpc) is 3.29. The van der Waals surface area contributed by atoms with Gasteiger partial charge in [-0.15, -0.1) is 0 Å². The Morgan fingerprint density at radius 2 is 1.94 bits per heavy atom. The molecule has 1 aliphatic heterocycles. The van der Waals surface area contributed by atoms with Gasteiger partial charge in [-0.25, -0.2) is 9.59 Å². The highest BCUT2D eigenvalue weighted by Crippen LogP contribution is 2.25. The molecule has 2 atom stereocenters. The highest BCUT2D eigenvalue weighted by molar-refractivity contribution is 5.92. The Kier molecular flexibility index (Phi) is 9.82. The number of ether oxygens (including phenoxy) is 3. The fourth-order valence-electron chi connectivity index (χ4n) is 4.10. The van der Waals surface area contributed by atoms with Crippen molar-refractivity contribution < 1.29 is 23.8 Å². The molecule has 0 saturated carbocycles. The number of piperidine rings is 1. The number of hydrogen-bond donors (Lipinski definition) is 2. The fourth-order valence-corrected chi connectivity index (χ4v) is 4.10. The van der Waals surface area contributed by atoms with Gasteiger partial charge in [-0.1, -0.05) is 50.6 Å². The number of amides is 1. The van der Waals surface area contributed by atoms with Gasteiger partial charge >= 0.3 is 12.1 Å². The molecule has 1 fully saturated rings. The first-order chi connectivity index (χ1) is 16.5. The standard InChI is InChI=1S/C26H37N3O5/c1-4-7-15-33-25(30)20-16-24(27-21(20)5-2)29-14-13-22(23(17-29)32-6-3)28-26(31)34-18-19-11-9-8-10-12-19/h8-12,16,22-23,27H,4-7,13-15,17-18H2,1-3H3,(H,28,31). The molecule has 0 spiro atoms. The zero-order valence-corrected chi connectivity index (χ0v) is 20.5. The first kappa shape index (κ1) is 25.6. The molecule has 1 saturated heterocycles. The number of esters is 1. The number of rotatable bonds is 11. The van der Waals surface area contributed by atoms with Gasteiger partial charge in [0, 0.05) is 25.4 Å². The summed E-state index contributed by atoms with van der Waals surface area (Å²) in [5.41, 5.74) is 2.40. The van der Waals surface area contributed by atoms with Crippen molar-refractivity contribution in [2.24, 2.45) is 0 Å². The van der Waals surface area contributed by atoms with Crippen LogP contribution in [0.5, 0.6) is 0 Å². The zero-order valence-electron chi connectivity index (χ0n) is 20.5. The Morgan fingerprint density at radius 1 is 1.15 bits per heavy atom. The molecular formula is C26H37N3O5. The summed E-state index contributed by atoms with van der Waals surface area (Å²) in [5.74, 6) is 0.584.